The quantitative estimate of drug-likeness (QED) is 0.755. The van der Waals surface area contributed by atoms with Crippen LogP contribution in [0.4, 0.5) is 5.95 Å². The van der Waals surface area contributed by atoms with Crippen LogP contribution in [0, 0.1) is 0 Å². The minimum atomic E-state index is -0.212. The lowest BCUT2D eigenvalue weighted by atomic mass is 10.4. The van der Waals surface area contributed by atoms with Gasteiger partial charge in [-0.25, -0.2) is 14.6 Å². The van der Waals surface area contributed by atoms with Crippen LogP contribution in [-0.2, 0) is 24.3 Å². The Bertz CT molecular complexity index is 532. The van der Waals surface area contributed by atoms with E-state index in [0.717, 1.165) is 12.2 Å². The average molecular weight is 250 g/mol. The van der Waals surface area contributed by atoms with Crippen LogP contribution in [0.3, 0.4) is 0 Å². The summed E-state index contributed by atoms with van der Waals surface area (Å²) >= 11 is 0. The SMILES string of the molecule is CCc1cnc(CNC(=O)Cn2cnc(N)n2)o1. The van der Waals surface area contributed by atoms with Crippen LogP contribution < -0.4 is 11.1 Å². The van der Waals surface area contributed by atoms with Gasteiger partial charge in [0.2, 0.25) is 17.7 Å². The molecule has 96 valence electrons. The molecule has 0 aliphatic heterocycles. The third-order valence-electron chi connectivity index (χ3n) is 2.25. The Hall–Kier alpha value is -2.38. The number of hydrogen-bond acceptors (Lipinski definition) is 6. The number of carbonyl (C=O) groups excluding carboxylic acids is 1. The molecule has 0 saturated carbocycles. The number of hydrogen-bond donors (Lipinski definition) is 2. The predicted molar refractivity (Wildman–Crippen MR) is 62.2 cm³/mol. The van der Waals surface area contributed by atoms with E-state index < -0.39 is 0 Å². The van der Waals surface area contributed by atoms with Crippen molar-refractivity contribution in [3.63, 3.8) is 0 Å². The summed E-state index contributed by atoms with van der Waals surface area (Å²) in [4.78, 5) is 19.3. The lowest BCUT2D eigenvalue weighted by molar-refractivity contribution is -0.122. The Morgan fingerprint density at radius 1 is 1.56 bits per heavy atom. The van der Waals surface area contributed by atoms with Crippen molar-refractivity contribution in [2.24, 2.45) is 0 Å². The van der Waals surface area contributed by atoms with Crippen LogP contribution >= 0.6 is 0 Å². The van der Waals surface area contributed by atoms with Gasteiger partial charge in [-0.05, 0) is 0 Å². The van der Waals surface area contributed by atoms with Crippen LogP contribution in [-0.4, -0.2) is 25.7 Å². The summed E-state index contributed by atoms with van der Waals surface area (Å²) in [6.07, 6.45) is 3.83. The molecule has 8 heteroatoms. The minimum absolute atomic E-state index is 0.0611. The molecule has 0 aromatic carbocycles. The molecule has 2 heterocycles. The fourth-order valence-electron chi connectivity index (χ4n) is 1.36. The first-order chi connectivity index (χ1) is 8.67. The summed E-state index contributed by atoms with van der Waals surface area (Å²) in [6.45, 7) is 2.28. The highest BCUT2D eigenvalue weighted by Crippen LogP contribution is 2.03. The number of oxazole rings is 1. The van der Waals surface area contributed by atoms with E-state index in [1.54, 1.807) is 6.20 Å². The van der Waals surface area contributed by atoms with Gasteiger partial charge >= 0.3 is 0 Å². The first-order valence-corrected chi connectivity index (χ1v) is 5.52. The molecule has 18 heavy (non-hydrogen) atoms. The summed E-state index contributed by atoms with van der Waals surface area (Å²) in [5, 5.41) is 6.48. The number of carbonyl (C=O) groups is 1. The normalized spacial score (nSPS) is 10.5. The molecule has 0 unspecified atom stereocenters. The van der Waals surface area contributed by atoms with Crippen molar-refractivity contribution >= 4 is 11.9 Å². The number of amides is 1. The average Bonchev–Trinajstić information content (AvgIpc) is 2.95. The Balaban J connectivity index is 1.81. The molecule has 0 aliphatic carbocycles. The zero-order valence-corrected chi connectivity index (χ0v) is 9.96. The number of nitrogens with one attached hydrogen (secondary N) is 1. The van der Waals surface area contributed by atoms with Gasteiger partial charge in [-0.2, -0.15) is 0 Å². The maximum atomic E-state index is 11.6. The highest BCUT2D eigenvalue weighted by atomic mass is 16.4. The van der Waals surface area contributed by atoms with Gasteiger partial charge < -0.3 is 15.5 Å². The van der Waals surface area contributed by atoms with Crippen molar-refractivity contribution in [2.45, 2.75) is 26.4 Å². The van der Waals surface area contributed by atoms with Gasteiger partial charge in [-0.3, -0.25) is 4.79 Å². The van der Waals surface area contributed by atoms with Gasteiger partial charge in [-0.15, -0.1) is 5.10 Å². The Kier molecular flexibility index (Phi) is 3.56. The molecule has 0 atom stereocenters. The second-order valence-electron chi connectivity index (χ2n) is 3.65. The molecule has 0 fully saturated rings. The van der Waals surface area contributed by atoms with Gasteiger partial charge in [0.15, 0.2) is 0 Å². The molecule has 0 radical (unpaired) electrons. The van der Waals surface area contributed by atoms with Crippen LogP contribution in [0.2, 0.25) is 0 Å². The van der Waals surface area contributed by atoms with Crippen molar-refractivity contribution in [2.75, 3.05) is 5.73 Å². The molecular formula is C10H14N6O2. The zero-order valence-electron chi connectivity index (χ0n) is 9.96. The van der Waals surface area contributed by atoms with Crippen molar-refractivity contribution in [1.82, 2.24) is 25.1 Å². The predicted octanol–water partition coefficient (Wildman–Crippen LogP) is -0.273. The van der Waals surface area contributed by atoms with Crippen molar-refractivity contribution in [3.8, 4) is 0 Å². The maximum absolute atomic E-state index is 11.6. The van der Waals surface area contributed by atoms with Crippen LogP contribution in [0.1, 0.15) is 18.6 Å². The third-order valence-corrected chi connectivity index (χ3v) is 2.25. The van der Waals surface area contributed by atoms with Gasteiger partial charge in [0.25, 0.3) is 0 Å². The number of aryl methyl sites for hydroxylation is 1. The van der Waals surface area contributed by atoms with Crippen molar-refractivity contribution in [3.05, 3.63) is 24.2 Å². The molecule has 0 saturated heterocycles. The summed E-state index contributed by atoms with van der Waals surface area (Å²) in [5.74, 6) is 1.21. The number of nitrogens with two attached hydrogens (primary N) is 1. The number of nitrogens with zero attached hydrogens (tertiary/aromatic N) is 4. The molecule has 2 rings (SSSR count). The summed E-state index contributed by atoms with van der Waals surface area (Å²) in [7, 11) is 0. The smallest absolute Gasteiger partial charge is 0.242 e. The highest BCUT2D eigenvalue weighted by Gasteiger charge is 2.07. The lowest BCUT2D eigenvalue weighted by Gasteiger charge is -2.02. The number of aromatic nitrogens is 4. The largest absolute Gasteiger partial charge is 0.444 e. The molecule has 0 spiro atoms. The van der Waals surface area contributed by atoms with Crippen LogP contribution in [0.15, 0.2) is 16.9 Å². The van der Waals surface area contributed by atoms with E-state index in [1.807, 2.05) is 6.92 Å². The molecular weight excluding hydrogens is 236 g/mol. The third kappa shape index (κ3) is 3.06. The zero-order chi connectivity index (χ0) is 13.0. The van der Waals surface area contributed by atoms with Crippen LogP contribution in [0.5, 0.6) is 0 Å². The second kappa shape index (κ2) is 5.30. The van der Waals surface area contributed by atoms with E-state index in [-0.39, 0.29) is 24.9 Å². The number of nitrogen functional groups attached to an aromatic ring is 1. The van der Waals surface area contributed by atoms with Crippen LogP contribution in [0.25, 0.3) is 0 Å². The Labute approximate surface area is 103 Å². The summed E-state index contributed by atoms with van der Waals surface area (Å²) in [5.41, 5.74) is 5.34. The maximum Gasteiger partial charge on any atom is 0.242 e. The molecule has 2 aromatic heterocycles. The Morgan fingerprint density at radius 3 is 3.00 bits per heavy atom. The van der Waals surface area contributed by atoms with Gasteiger partial charge in [0, 0.05) is 6.42 Å². The van der Waals surface area contributed by atoms with Gasteiger partial charge in [0.1, 0.15) is 18.6 Å². The second-order valence-corrected chi connectivity index (χ2v) is 3.65. The summed E-state index contributed by atoms with van der Waals surface area (Å²) in [6, 6.07) is 0. The lowest BCUT2D eigenvalue weighted by Crippen LogP contribution is -2.27. The van der Waals surface area contributed by atoms with Gasteiger partial charge in [0.05, 0.1) is 12.7 Å². The fraction of sp³-hybridized carbons (Fsp3) is 0.400. The highest BCUT2D eigenvalue weighted by molar-refractivity contribution is 5.75. The Morgan fingerprint density at radius 2 is 2.39 bits per heavy atom. The van der Waals surface area contributed by atoms with E-state index in [1.165, 1.54) is 11.0 Å². The fourth-order valence-corrected chi connectivity index (χ4v) is 1.36. The van der Waals surface area contributed by atoms with Gasteiger partial charge in [-0.1, -0.05) is 6.92 Å². The first kappa shape index (κ1) is 12.1. The summed E-state index contributed by atoms with van der Waals surface area (Å²) < 4.78 is 6.72. The monoisotopic (exact) mass is 250 g/mol. The molecule has 1 amide bonds. The topological polar surface area (TPSA) is 112 Å². The van der Waals surface area contributed by atoms with E-state index in [4.69, 9.17) is 10.2 Å². The molecule has 0 bridgehead atoms. The van der Waals surface area contributed by atoms with E-state index in [0.29, 0.717) is 5.89 Å². The standard InChI is InChI=1S/C10H14N6O2/c1-2-7-3-13-9(18-7)4-12-8(17)5-16-6-14-10(11)15-16/h3,6H,2,4-5H2,1H3,(H2,11,15)(H,12,17). The number of rotatable bonds is 5. The molecule has 8 nitrogen and oxygen atoms in total. The molecule has 2 aromatic rings. The van der Waals surface area contributed by atoms with Crippen molar-refractivity contribution < 1.29 is 9.21 Å². The van der Waals surface area contributed by atoms with E-state index in [9.17, 15) is 4.79 Å². The van der Waals surface area contributed by atoms with Crippen molar-refractivity contribution in [1.29, 1.82) is 0 Å². The molecule has 3 N–H and O–H groups in total. The van der Waals surface area contributed by atoms with E-state index >= 15 is 0 Å². The minimum Gasteiger partial charge on any atom is -0.444 e. The number of anilines is 1. The van der Waals surface area contributed by atoms with E-state index in [2.05, 4.69) is 20.4 Å². The molecule has 0 aliphatic rings. The first-order valence-electron chi connectivity index (χ1n) is 5.52.